The summed E-state index contributed by atoms with van der Waals surface area (Å²) in [6, 6.07) is 20.4. The summed E-state index contributed by atoms with van der Waals surface area (Å²) >= 11 is 0. The molecule has 0 unspecified atom stereocenters. The molecule has 0 fully saturated rings. The minimum Gasteiger partial charge on any atom is -0.388 e. The number of rotatable bonds is 2. The lowest BCUT2D eigenvalue weighted by Crippen LogP contribution is -1.92. The third-order valence-corrected chi connectivity index (χ3v) is 2.33. The van der Waals surface area contributed by atoms with E-state index in [0.29, 0.717) is 0 Å². The second-order valence-electron chi connectivity index (χ2n) is 3.42. The van der Waals surface area contributed by atoms with Crippen LogP contribution >= 0.6 is 0 Å². The monoisotopic (exact) mass is 347 g/mol. The first kappa shape index (κ1) is 33.6. The molecule has 2 rings (SSSR count). The van der Waals surface area contributed by atoms with Gasteiger partial charge in [-0.05, 0) is 18.1 Å². The van der Waals surface area contributed by atoms with Gasteiger partial charge in [-0.3, -0.25) is 4.70 Å². The molecule has 0 atom stereocenters. The fourth-order valence-corrected chi connectivity index (χ4v) is 1.46. The first-order chi connectivity index (χ1) is 10.9. The van der Waals surface area contributed by atoms with Gasteiger partial charge in [-0.1, -0.05) is 96.6 Å². The van der Waals surface area contributed by atoms with Gasteiger partial charge in [0.2, 0.25) is 0 Å². The molecule has 0 saturated heterocycles. The Morgan fingerprint density at radius 1 is 0.750 bits per heavy atom. The molecule has 24 heavy (non-hydrogen) atoms. The van der Waals surface area contributed by atoms with E-state index in [1.165, 1.54) is 11.3 Å². The molecular weight excluding hydrogens is 311 g/mol. The summed E-state index contributed by atoms with van der Waals surface area (Å²) in [5, 5.41) is 3.15. The van der Waals surface area contributed by atoms with Crippen LogP contribution in [0, 0.1) is 0 Å². The van der Waals surface area contributed by atoms with Gasteiger partial charge in [0, 0.05) is 21.9 Å². The Morgan fingerprint density at radius 2 is 1.08 bits per heavy atom. The molecule has 1 nitrogen and oxygen atoms in total. The molecule has 0 radical (unpaired) electrons. The Labute approximate surface area is 147 Å². The molecule has 1 N–H and O–H groups in total. The van der Waals surface area contributed by atoms with Gasteiger partial charge in [0.25, 0.3) is 0 Å². The number of anilines is 1. The van der Waals surface area contributed by atoms with Gasteiger partial charge >= 0.3 is 0 Å². The Balaban J connectivity index is -0.0000000750. The van der Waals surface area contributed by atoms with Crippen molar-refractivity contribution in [3.8, 4) is 0 Å². The molecule has 4 heteroatoms. The van der Waals surface area contributed by atoms with Crippen molar-refractivity contribution in [1.29, 1.82) is 0 Å². The Bertz CT molecular complexity index is 345. The van der Waals surface area contributed by atoms with E-state index in [4.69, 9.17) is 9.15 Å². The lowest BCUT2D eigenvalue weighted by atomic mass is 10.1. The van der Waals surface area contributed by atoms with Gasteiger partial charge in [-0.15, -0.1) is 0 Å². The Kier molecular flexibility index (Phi) is 46.0. The van der Waals surface area contributed by atoms with Crippen molar-refractivity contribution in [2.45, 2.75) is 48.5 Å². The SMILES string of the molecule is C.CC.CC.CCc1ccccc1NC.F.FF.c1ccccc1. The average Bonchev–Trinajstić information content (AvgIpc) is 2.68. The van der Waals surface area contributed by atoms with Crippen LogP contribution < -0.4 is 5.32 Å². The smallest absolute Gasteiger partial charge is 0.0370 e. The second-order valence-corrected chi connectivity index (χ2v) is 3.42. The summed E-state index contributed by atoms with van der Waals surface area (Å²) in [6.45, 7) is 10.2. The minimum atomic E-state index is 0. The molecule has 0 aromatic heterocycles. The third-order valence-electron chi connectivity index (χ3n) is 2.33. The molecular formula is C20H36F3N. The number of benzene rings is 2. The number of hydrogen-bond donors (Lipinski definition) is 1. The van der Waals surface area contributed by atoms with Gasteiger partial charge in [0.15, 0.2) is 0 Å². The van der Waals surface area contributed by atoms with E-state index in [1.54, 1.807) is 0 Å². The molecule has 0 saturated carbocycles. The minimum absolute atomic E-state index is 0. The largest absolute Gasteiger partial charge is 0.388 e. The normalized spacial score (nSPS) is 6.67. The van der Waals surface area contributed by atoms with Crippen LogP contribution in [-0.4, -0.2) is 7.05 Å². The average molecular weight is 348 g/mol. The number of halogens is 3. The van der Waals surface area contributed by atoms with E-state index in [2.05, 4.69) is 30.4 Å². The van der Waals surface area contributed by atoms with Gasteiger partial charge in [-0.2, -0.15) is 0 Å². The second kappa shape index (κ2) is 32.8. The molecule has 0 spiro atoms. The Morgan fingerprint density at radius 3 is 1.33 bits per heavy atom. The van der Waals surface area contributed by atoms with E-state index < -0.39 is 0 Å². The molecule has 142 valence electrons. The van der Waals surface area contributed by atoms with Crippen LogP contribution in [0.5, 0.6) is 0 Å². The number of hydrogen-bond acceptors (Lipinski definition) is 1. The maximum atomic E-state index is 8.00. The molecule has 0 aliphatic carbocycles. The molecule has 0 heterocycles. The summed E-state index contributed by atoms with van der Waals surface area (Å²) in [6.07, 6.45) is 1.09. The zero-order chi connectivity index (χ0) is 17.6. The summed E-state index contributed by atoms with van der Waals surface area (Å²) in [5.41, 5.74) is 2.62. The highest BCUT2D eigenvalue weighted by Crippen LogP contribution is 2.13. The lowest BCUT2D eigenvalue weighted by molar-refractivity contribution is 0.108. The van der Waals surface area contributed by atoms with Gasteiger partial charge in [-0.25, -0.2) is 0 Å². The van der Waals surface area contributed by atoms with Gasteiger partial charge in [0.1, 0.15) is 0 Å². The van der Waals surface area contributed by atoms with Crippen LogP contribution in [0.15, 0.2) is 60.7 Å². The summed E-state index contributed by atoms with van der Waals surface area (Å²) in [7, 11) is 1.95. The predicted molar refractivity (Wildman–Crippen MR) is 106 cm³/mol. The maximum absolute atomic E-state index is 8.00. The van der Waals surface area contributed by atoms with E-state index in [9.17, 15) is 0 Å². The number of nitrogens with one attached hydrogen (secondary N) is 1. The van der Waals surface area contributed by atoms with Crippen molar-refractivity contribution < 1.29 is 13.9 Å². The van der Waals surface area contributed by atoms with Crippen molar-refractivity contribution in [2.75, 3.05) is 12.4 Å². The van der Waals surface area contributed by atoms with Crippen molar-refractivity contribution in [3.05, 3.63) is 66.2 Å². The van der Waals surface area contributed by atoms with E-state index >= 15 is 0 Å². The highest BCUT2D eigenvalue weighted by atomic mass is 20.0. The quantitative estimate of drug-likeness (QED) is 0.588. The fraction of sp³-hybridized carbons (Fsp3) is 0.400. The van der Waals surface area contributed by atoms with Crippen molar-refractivity contribution in [2.24, 2.45) is 0 Å². The van der Waals surface area contributed by atoms with Crippen LogP contribution in [0.3, 0.4) is 0 Å². The van der Waals surface area contributed by atoms with Crippen molar-refractivity contribution >= 4 is 5.69 Å². The topological polar surface area (TPSA) is 12.0 Å². The van der Waals surface area contributed by atoms with E-state index in [-0.39, 0.29) is 12.1 Å². The standard InChI is InChI=1S/C9H13N.C6H6.2C2H6.CH4.F2.FH/c1-3-8-6-4-5-7-9(8)10-2;1-2-4-6-5-3-1;2*1-2;;1-2;/h4-7,10H,3H2,1-2H3;1-6H;2*1-2H3;1H4;;1H. The van der Waals surface area contributed by atoms with Crippen LogP contribution in [0.2, 0.25) is 0 Å². The molecule has 2 aromatic carbocycles. The molecule has 0 amide bonds. The predicted octanol–water partition coefficient (Wildman–Crippen LogP) is 7.66. The highest BCUT2D eigenvalue weighted by molar-refractivity contribution is 5.50. The lowest BCUT2D eigenvalue weighted by Gasteiger charge is -2.04. The van der Waals surface area contributed by atoms with Gasteiger partial charge in [0.05, 0.1) is 0 Å². The Hall–Kier alpha value is -1.97. The van der Waals surface area contributed by atoms with E-state index in [1.807, 2.05) is 77.2 Å². The maximum Gasteiger partial charge on any atom is 0.0370 e. The summed E-state index contributed by atoms with van der Waals surface area (Å²) in [5.74, 6) is 0. The van der Waals surface area contributed by atoms with Gasteiger partial charge < -0.3 is 5.32 Å². The van der Waals surface area contributed by atoms with Crippen LogP contribution in [0.4, 0.5) is 19.5 Å². The molecule has 0 bridgehead atoms. The van der Waals surface area contributed by atoms with Crippen molar-refractivity contribution in [1.82, 2.24) is 0 Å². The number of para-hydroxylation sites is 1. The molecule has 0 aliphatic heterocycles. The van der Waals surface area contributed by atoms with Crippen LogP contribution in [-0.2, 0) is 6.42 Å². The first-order valence-corrected chi connectivity index (χ1v) is 7.78. The van der Waals surface area contributed by atoms with E-state index in [0.717, 1.165) is 6.42 Å². The molecule has 2 aromatic rings. The summed E-state index contributed by atoms with van der Waals surface area (Å²) < 4.78 is 16.0. The summed E-state index contributed by atoms with van der Waals surface area (Å²) in [4.78, 5) is 0. The molecule has 0 aliphatic rings. The fourth-order valence-electron chi connectivity index (χ4n) is 1.46. The zero-order valence-corrected chi connectivity index (χ0v) is 15.1. The highest BCUT2D eigenvalue weighted by Gasteiger charge is 1.93. The van der Waals surface area contributed by atoms with Crippen LogP contribution in [0.25, 0.3) is 0 Å². The van der Waals surface area contributed by atoms with Crippen molar-refractivity contribution in [3.63, 3.8) is 0 Å². The first-order valence-electron chi connectivity index (χ1n) is 7.78. The number of aryl methyl sites for hydroxylation is 1. The zero-order valence-electron chi connectivity index (χ0n) is 15.1. The third kappa shape index (κ3) is 20.0. The van der Waals surface area contributed by atoms with Crippen LogP contribution in [0.1, 0.15) is 47.6 Å².